The number of Topliss-reactive ketones (excluding diaryl/α,β-unsaturated/α-hetero) is 1. The van der Waals surface area contributed by atoms with Crippen LogP contribution in [-0.2, 0) is 0 Å². The number of carbonyl (C=O) groups excluding carboxylic acids is 1. The van der Waals surface area contributed by atoms with Gasteiger partial charge in [-0.2, -0.15) is 0 Å². The molecule has 0 saturated carbocycles. The highest BCUT2D eigenvalue weighted by Crippen LogP contribution is 2.18. The van der Waals surface area contributed by atoms with Crippen LogP contribution in [0.4, 0.5) is 0 Å². The zero-order valence-electron chi connectivity index (χ0n) is 8.75. The minimum atomic E-state index is -0.313. The number of hydrogen-bond acceptors (Lipinski definition) is 3. The maximum atomic E-state index is 11.8. The Bertz CT molecular complexity index is 306. The summed E-state index contributed by atoms with van der Waals surface area (Å²) in [5.74, 6) is 0.103. The maximum absolute atomic E-state index is 11.8. The summed E-state index contributed by atoms with van der Waals surface area (Å²) in [6.07, 6.45) is 2.91. The standard InChI is InChI=1S/C11H17NOS/c1-3-4-5-9(12)10(13)11-8(2)6-7-14-11/h6-7,9H,3-5,12H2,1-2H3. The molecule has 0 fully saturated rings. The van der Waals surface area contributed by atoms with Crippen molar-refractivity contribution in [3.63, 3.8) is 0 Å². The summed E-state index contributed by atoms with van der Waals surface area (Å²) < 4.78 is 0. The molecule has 1 aromatic rings. The lowest BCUT2D eigenvalue weighted by Gasteiger charge is -2.08. The predicted molar refractivity (Wildman–Crippen MR) is 60.9 cm³/mol. The number of thiophene rings is 1. The molecule has 0 aliphatic carbocycles. The molecule has 0 bridgehead atoms. The van der Waals surface area contributed by atoms with Crippen molar-refractivity contribution in [2.45, 2.75) is 39.2 Å². The summed E-state index contributed by atoms with van der Waals surface area (Å²) in [7, 11) is 0. The molecule has 3 heteroatoms. The van der Waals surface area contributed by atoms with E-state index < -0.39 is 0 Å². The SMILES string of the molecule is CCCCC(N)C(=O)c1sccc1C. The monoisotopic (exact) mass is 211 g/mol. The third kappa shape index (κ3) is 2.66. The number of carbonyl (C=O) groups is 1. The third-order valence-electron chi connectivity index (χ3n) is 2.29. The van der Waals surface area contributed by atoms with E-state index in [0.29, 0.717) is 0 Å². The van der Waals surface area contributed by atoms with E-state index in [9.17, 15) is 4.79 Å². The first-order valence-corrected chi connectivity index (χ1v) is 5.88. The summed E-state index contributed by atoms with van der Waals surface area (Å²) in [5.41, 5.74) is 6.87. The molecule has 0 aliphatic rings. The van der Waals surface area contributed by atoms with Gasteiger partial charge in [-0.3, -0.25) is 4.79 Å². The lowest BCUT2D eigenvalue weighted by molar-refractivity contribution is 0.0959. The Morgan fingerprint density at radius 1 is 1.64 bits per heavy atom. The Morgan fingerprint density at radius 3 is 2.86 bits per heavy atom. The van der Waals surface area contributed by atoms with Gasteiger partial charge in [-0.1, -0.05) is 19.8 Å². The number of ketones is 1. The second kappa shape index (κ2) is 5.27. The Hall–Kier alpha value is -0.670. The molecule has 14 heavy (non-hydrogen) atoms. The average molecular weight is 211 g/mol. The van der Waals surface area contributed by atoms with Crippen molar-refractivity contribution in [1.29, 1.82) is 0 Å². The van der Waals surface area contributed by atoms with Gasteiger partial charge in [0, 0.05) is 0 Å². The van der Waals surface area contributed by atoms with E-state index in [4.69, 9.17) is 5.73 Å². The summed E-state index contributed by atoms with van der Waals surface area (Å²) in [6, 6.07) is 1.65. The van der Waals surface area contributed by atoms with Crippen LogP contribution in [-0.4, -0.2) is 11.8 Å². The van der Waals surface area contributed by atoms with Crippen molar-refractivity contribution in [1.82, 2.24) is 0 Å². The van der Waals surface area contributed by atoms with Crippen molar-refractivity contribution in [2.75, 3.05) is 0 Å². The van der Waals surface area contributed by atoms with Gasteiger partial charge in [0.15, 0.2) is 5.78 Å². The van der Waals surface area contributed by atoms with Crippen LogP contribution >= 0.6 is 11.3 Å². The van der Waals surface area contributed by atoms with Crippen molar-refractivity contribution in [2.24, 2.45) is 5.73 Å². The zero-order chi connectivity index (χ0) is 10.6. The Morgan fingerprint density at radius 2 is 2.36 bits per heavy atom. The van der Waals surface area contributed by atoms with E-state index in [-0.39, 0.29) is 11.8 Å². The van der Waals surface area contributed by atoms with Crippen molar-refractivity contribution in [3.05, 3.63) is 21.9 Å². The van der Waals surface area contributed by atoms with Gasteiger partial charge >= 0.3 is 0 Å². The van der Waals surface area contributed by atoms with Gasteiger partial charge in [0.05, 0.1) is 10.9 Å². The molecular weight excluding hydrogens is 194 g/mol. The van der Waals surface area contributed by atoms with E-state index in [2.05, 4.69) is 6.92 Å². The molecule has 1 heterocycles. The second-order valence-corrected chi connectivity index (χ2v) is 4.46. The molecule has 0 amide bonds. The van der Waals surface area contributed by atoms with Crippen LogP contribution < -0.4 is 5.73 Å². The van der Waals surface area contributed by atoms with Gasteiger partial charge < -0.3 is 5.73 Å². The lowest BCUT2D eigenvalue weighted by Crippen LogP contribution is -2.30. The number of nitrogens with two attached hydrogens (primary N) is 1. The molecular formula is C11H17NOS. The van der Waals surface area contributed by atoms with E-state index in [1.165, 1.54) is 11.3 Å². The van der Waals surface area contributed by atoms with Crippen molar-refractivity contribution in [3.8, 4) is 0 Å². The van der Waals surface area contributed by atoms with Crippen LogP contribution in [0.5, 0.6) is 0 Å². The Kier molecular flexibility index (Phi) is 4.29. The van der Waals surface area contributed by atoms with Crippen molar-refractivity contribution >= 4 is 17.1 Å². The molecule has 1 rings (SSSR count). The topological polar surface area (TPSA) is 43.1 Å². The lowest BCUT2D eigenvalue weighted by atomic mass is 10.0. The molecule has 1 atom stereocenters. The predicted octanol–water partition coefficient (Wildman–Crippen LogP) is 2.76. The summed E-state index contributed by atoms with van der Waals surface area (Å²) in [6.45, 7) is 4.06. The van der Waals surface area contributed by atoms with Crippen molar-refractivity contribution < 1.29 is 4.79 Å². The Labute approximate surface area is 89.1 Å². The first-order valence-electron chi connectivity index (χ1n) is 5.00. The molecule has 0 saturated heterocycles. The highest BCUT2D eigenvalue weighted by molar-refractivity contribution is 7.12. The molecule has 2 N–H and O–H groups in total. The Balaban J connectivity index is 2.61. The smallest absolute Gasteiger partial charge is 0.189 e. The number of aryl methyl sites for hydroxylation is 1. The van der Waals surface area contributed by atoms with Crippen LogP contribution in [0.15, 0.2) is 11.4 Å². The average Bonchev–Trinajstić information content (AvgIpc) is 2.59. The fourth-order valence-corrected chi connectivity index (χ4v) is 2.28. The van der Waals surface area contributed by atoms with Gasteiger partial charge in [-0.25, -0.2) is 0 Å². The van der Waals surface area contributed by atoms with Gasteiger partial charge in [-0.05, 0) is 30.4 Å². The molecule has 0 radical (unpaired) electrons. The maximum Gasteiger partial charge on any atom is 0.189 e. The van der Waals surface area contributed by atoms with E-state index in [1.54, 1.807) is 0 Å². The zero-order valence-corrected chi connectivity index (χ0v) is 9.56. The van der Waals surface area contributed by atoms with Crippen LogP contribution in [0, 0.1) is 6.92 Å². The minimum absolute atomic E-state index is 0.103. The quantitative estimate of drug-likeness (QED) is 0.761. The fraction of sp³-hybridized carbons (Fsp3) is 0.545. The molecule has 0 aliphatic heterocycles. The molecule has 1 unspecified atom stereocenters. The van der Waals surface area contributed by atoms with Gasteiger partial charge in [0.2, 0.25) is 0 Å². The largest absolute Gasteiger partial charge is 0.321 e. The van der Waals surface area contributed by atoms with E-state index >= 15 is 0 Å². The fourth-order valence-electron chi connectivity index (χ4n) is 1.35. The van der Waals surface area contributed by atoms with Crippen LogP contribution in [0.25, 0.3) is 0 Å². The number of rotatable bonds is 5. The first kappa shape index (κ1) is 11.4. The number of hydrogen-bond donors (Lipinski definition) is 1. The van der Waals surface area contributed by atoms with Gasteiger partial charge in [0.25, 0.3) is 0 Å². The van der Waals surface area contributed by atoms with Gasteiger partial charge in [-0.15, -0.1) is 11.3 Å². The molecule has 78 valence electrons. The molecule has 1 aromatic heterocycles. The van der Waals surface area contributed by atoms with Crippen LogP contribution in [0.2, 0.25) is 0 Å². The van der Waals surface area contributed by atoms with Crippen LogP contribution in [0.1, 0.15) is 41.4 Å². The molecule has 0 spiro atoms. The summed E-state index contributed by atoms with van der Waals surface area (Å²) >= 11 is 1.49. The first-order chi connectivity index (χ1) is 6.66. The van der Waals surface area contributed by atoms with E-state index in [0.717, 1.165) is 29.7 Å². The van der Waals surface area contributed by atoms with Gasteiger partial charge in [0.1, 0.15) is 0 Å². The normalized spacial score (nSPS) is 12.8. The highest BCUT2D eigenvalue weighted by atomic mass is 32.1. The third-order valence-corrected chi connectivity index (χ3v) is 3.32. The van der Waals surface area contributed by atoms with Crippen LogP contribution in [0.3, 0.4) is 0 Å². The molecule has 2 nitrogen and oxygen atoms in total. The summed E-state index contributed by atoms with van der Waals surface area (Å²) in [4.78, 5) is 12.6. The molecule has 0 aromatic carbocycles. The second-order valence-electron chi connectivity index (χ2n) is 3.55. The summed E-state index contributed by atoms with van der Waals surface area (Å²) in [5, 5.41) is 1.94. The highest BCUT2D eigenvalue weighted by Gasteiger charge is 2.17. The number of unbranched alkanes of at least 4 members (excludes halogenated alkanes) is 1. The van der Waals surface area contributed by atoms with E-state index in [1.807, 2.05) is 18.4 Å². The minimum Gasteiger partial charge on any atom is -0.321 e.